The van der Waals surface area contributed by atoms with E-state index in [1.54, 1.807) is 4.31 Å². The Morgan fingerprint density at radius 2 is 1.88 bits per heavy atom. The van der Waals surface area contributed by atoms with Crippen molar-refractivity contribution in [2.24, 2.45) is 17.8 Å². The van der Waals surface area contributed by atoms with Gasteiger partial charge in [0.2, 0.25) is 10.0 Å². The van der Waals surface area contributed by atoms with Gasteiger partial charge in [-0.25, -0.2) is 12.7 Å². The second-order valence-electron chi connectivity index (χ2n) is 5.76. The van der Waals surface area contributed by atoms with Crippen molar-refractivity contribution in [2.75, 3.05) is 31.9 Å². The Hall–Kier alpha value is -0.130. The van der Waals surface area contributed by atoms with E-state index in [2.05, 4.69) is 19.2 Å². The molecule has 1 N–H and O–H groups in total. The highest BCUT2D eigenvalue weighted by Gasteiger charge is 2.35. The van der Waals surface area contributed by atoms with Crippen molar-refractivity contribution >= 4 is 10.0 Å². The average Bonchev–Trinajstić information content (AvgIpc) is 2.61. The van der Waals surface area contributed by atoms with Gasteiger partial charge >= 0.3 is 0 Å². The Balaban J connectivity index is 1.94. The van der Waals surface area contributed by atoms with Gasteiger partial charge in [0, 0.05) is 13.1 Å². The van der Waals surface area contributed by atoms with Crippen molar-refractivity contribution < 1.29 is 8.42 Å². The topological polar surface area (TPSA) is 49.4 Å². The Bertz CT molecular complexity index is 340. The minimum absolute atomic E-state index is 0.306. The fourth-order valence-corrected chi connectivity index (χ4v) is 4.79. The van der Waals surface area contributed by atoms with Crippen LogP contribution in [0, 0.1) is 17.8 Å². The predicted octanol–water partition coefficient (Wildman–Crippen LogP) is 0.904. The summed E-state index contributed by atoms with van der Waals surface area (Å²) < 4.78 is 26.3. The van der Waals surface area contributed by atoms with Gasteiger partial charge in [0.1, 0.15) is 0 Å². The molecule has 0 amide bonds. The van der Waals surface area contributed by atoms with Crippen LogP contribution in [0.5, 0.6) is 0 Å². The van der Waals surface area contributed by atoms with Gasteiger partial charge in [-0.1, -0.05) is 13.8 Å². The maximum atomic E-state index is 12.3. The van der Waals surface area contributed by atoms with E-state index in [4.69, 9.17) is 0 Å². The van der Waals surface area contributed by atoms with Crippen LogP contribution in [0.25, 0.3) is 0 Å². The number of sulfonamides is 1. The molecular formula is C12H24N2O2S. The molecule has 2 heterocycles. The number of nitrogens with zero attached hydrogens (tertiary/aromatic N) is 1. The molecule has 2 aliphatic heterocycles. The van der Waals surface area contributed by atoms with Crippen LogP contribution >= 0.6 is 0 Å². The molecule has 5 heteroatoms. The summed E-state index contributed by atoms with van der Waals surface area (Å²) in [4.78, 5) is 0. The molecule has 0 saturated carbocycles. The van der Waals surface area contributed by atoms with E-state index < -0.39 is 10.0 Å². The van der Waals surface area contributed by atoms with Gasteiger partial charge in [-0.3, -0.25) is 0 Å². The predicted molar refractivity (Wildman–Crippen MR) is 69.3 cm³/mol. The summed E-state index contributed by atoms with van der Waals surface area (Å²) in [6.07, 6.45) is 2.15. The highest BCUT2D eigenvalue weighted by molar-refractivity contribution is 7.89. The van der Waals surface area contributed by atoms with E-state index in [1.807, 2.05) is 0 Å². The smallest absolute Gasteiger partial charge is 0.214 e. The van der Waals surface area contributed by atoms with Crippen molar-refractivity contribution in [1.29, 1.82) is 0 Å². The van der Waals surface area contributed by atoms with Crippen molar-refractivity contribution in [3.05, 3.63) is 0 Å². The SMILES string of the molecule is CC1CN(S(=O)(=O)CC2CCCNC2)CC1C. The zero-order valence-corrected chi connectivity index (χ0v) is 11.7. The summed E-state index contributed by atoms with van der Waals surface area (Å²) in [6, 6.07) is 0. The van der Waals surface area contributed by atoms with E-state index in [0.717, 1.165) is 25.9 Å². The number of nitrogens with one attached hydrogen (secondary N) is 1. The Kier molecular flexibility index (Phi) is 4.10. The third-order valence-corrected chi connectivity index (χ3v) is 6.17. The molecule has 0 bridgehead atoms. The molecule has 17 heavy (non-hydrogen) atoms. The molecule has 0 radical (unpaired) electrons. The van der Waals surface area contributed by atoms with Gasteiger partial charge in [0.15, 0.2) is 0 Å². The molecule has 2 fully saturated rings. The highest BCUT2D eigenvalue weighted by atomic mass is 32.2. The van der Waals surface area contributed by atoms with Crippen LogP contribution in [0.1, 0.15) is 26.7 Å². The van der Waals surface area contributed by atoms with E-state index in [0.29, 0.717) is 36.6 Å². The molecule has 100 valence electrons. The van der Waals surface area contributed by atoms with Crippen LogP contribution in [0.4, 0.5) is 0 Å². The van der Waals surface area contributed by atoms with Gasteiger partial charge in [-0.05, 0) is 43.7 Å². The zero-order valence-electron chi connectivity index (χ0n) is 10.9. The minimum Gasteiger partial charge on any atom is -0.316 e. The second kappa shape index (κ2) is 5.24. The summed E-state index contributed by atoms with van der Waals surface area (Å²) in [6.45, 7) is 7.60. The van der Waals surface area contributed by atoms with Crippen molar-refractivity contribution in [2.45, 2.75) is 26.7 Å². The van der Waals surface area contributed by atoms with Gasteiger partial charge in [-0.15, -0.1) is 0 Å². The zero-order chi connectivity index (χ0) is 12.5. The summed E-state index contributed by atoms with van der Waals surface area (Å²) in [5.41, 5.74) is 0. The molecule has 0 aromatic rings. The first kappa shape index (κ1) is 13.3. The molecule has 4 nitrogen and oxygen atoms in total. The molecule has 2 rings (SSSR count). The first-order chi connectivity index (χ1) is 7.99. The van der Waals surface area contributed by atoms with Gasteiger partial charge in [-0.2, -0.15) is 0 Å². The first-order valence-electron chi connectivity index (χ1n) is 6.67. The molecule has 3 atom stereocenters. The lowest BCUT2D eigenvalue weighted by molar-refractivity contribution is 0.390. The fraction of sp³-hybridized carbons (Fsp3) is 1.00. The highest BCUT2D eigenvalue weighted by Crippen LogP contribution is 2.26. The molecular weight excluding hydrogens is 236 g/mol. The third-order valence-electron chi connectivity index (χ3n) is 4.19. The summed E-state index contributed by atoms with van der Waals surface area (Å²) in [5, 5.41) is 3.28. The van der Waals surface area contributed by atoms with E-state index in [9.17, 15) is 8.42 Å². The van der Waals surface area contributed by atoms with Crippen molar-refractivity contribution in [3.63, 3.8) is 0 Å². The van der Waals surface area contributed by atoms with Crippen LogP contribution < -0.4 is 5.32 Å². The maximum Gasteiger partial charge on any atom is 0.214 e. The molecule has 3 unspecified atom stereocenters. The lowest BCUT2D eigenvalue weighted by Gasteiger charge is -2.25. The van der Waals surface area contributed by atoms with Crippen LogP contribution in [-0.2, 0) is 10.0 Å². The fourth-order valence-electron chi connectivity index (χ4n) is 2.77. The Morgan fingerprint density at radius 3 is 2.41 bits per heavy atom. The second-order valence-corrected chi connectivity index (χ2v) is 7.78. The van der Waals surface area contributed by atoms with E-state index >= 15 is 0 Å². The van der Waals surface area contributed by atoms with Crippen LogP contribution in [0.2, 0.25) is 0 Å². The number of hydrogen-bond acceptors (Lipinski definition) is 3. The van der Waals surface area contributed by atoms with Crippen LogP contribution in [0.3, 0.4) is 0 Å². The Labute approximate surface area is 105 Å². The quantitative estimate of drug-likeness (QED) is 0.820. The molecule has 2 saturated heterocycles. The normalized spacial score (nSPS) is 36.2. The largest absolute Gasteiger partial charge is 0.316 e. The van der Waals surface area contributed by atoms with Crippen molar-refractivity contribution in [3.8, 4) is 0 Å². The summed E-state index contributed by atoms with van der Waals surface area (Å²) in [7, 11) is -3.03. The summed E-state index contributed by atoms with van der Waals surface area (Å²) >= 11 is 0. The minimum atomic E-state index is -3.03. The molecule has 0 aromatic heterocycles. The lowest BCUT2D eigenvalue weighted by Crippen LogP contribution is -2.39. The number of piperidine rings is 1. The number of hydrogen-bond donors (Lipinski definition) is 1. The van der Waals surface area contributed by atoms with Gasteiger partial charge in [0.25, 0.3) is 0 Å². The van der Waals surface area contributed by atoms with E-state index in [1.165, 1.54) is 0 Å². The van der Waals surface area contributed by atoms with Crippen molar-refractivity contribution in [1.82, 2.24) is 9.62 Å². The number of rotatable bonds is 3. The Morgan fingerprint density at radius 1 is 1.24 bits per heavy atom. The maximum absolute atomic E-state index is 12.3. The molecule has 0 aromatic carbocycles. The summed E-state index contributed by atoms with van der Waals surface area (Å²) in [5.74, 6) is 1.63. The first-order valence-corrected chi connectivity index (χ1v) is 8.28. The van der Waals surface area contributed by atoms with Crippen LogP contribution in [-0.4, -0.2) is 44.7 Å². The average molecular weight is 260 g/mol. The van der Waals surface area contributed by atoms with Gasteiger partial charge in [0.05, 0.1) is 5.75 Å². The molecule has 0 spiro atoms. The third kappa shape index (κ3) is 3.20. The molecule has 2 aliphatic rings. The molecule has 0 aliphatic carbocycles. The van der Waals surface area contributed by atoms with Crippen LogP contribution in [0.15, 0.2) is 0 Å². The van der Waals surface area contributed by atoms with E-state index in [-0.39, 0.29) is 0 Å². The van der Waals surface area contributed by atoms with Gasteiger partial charge < -0.3 is 5.32 Å². The lowest BCUT2D eigenvalue weighted by atomic mass is 10.0. The monoisotopic (exact) mass is 260 g/mol. The standard InChI is InChI=1S/C12H24N2O2S/c1-10-7-14(8-11(10)2)17(15,16)9-12-4-3-5-13-6-12/h10-13H,3-9H2,1-2H3.